The zero-order valence-electron chi connectivity index (χ0n) is 35.6. The Labute approximate surface area is 336 Å². The maximum atomic E-state index is 14.4. The van der Waals surface area contributed by atoms with E-state index >= 15 is 0 Å². The first kappa shape index (κ1) is 46.4. The second-order valence-corrected chi connectivity index (χ2v) is 17.5. The number of carbonyl (C=O) groups is 6. The molecule has 5 amide bonds. The molecule has 2 heterocycles. The number of ether oxygens (including phenoxy) is 3. The molecule has 316 valence electrons. The van der Waals surface area contributed by atoms with E-state index < -0.39 is 82.7 Å². The Bertz CT molecular complexity index is 1710. The molecule has 1 saturated heterocycles. The monoisotopic (exact) mass is 797 g/mol. The van der Waals surface area contributed by atoms with E-state index in [-0.39, 0.29) is 38.1 Å². The van der Waals surface area contributed by atoms with Gasteiger partial charge in [-0.1, -0.05) is 44.2 Å². The van der Waals surface area contributed by atoms with Gasteiger partial charge < -0.3 is 44.9 Å². The second kappa shape index (κ2) is 19.4. The van der Waals surface area contributed by atoms with Gasteiger partial charge in [0.15, 0.2) is 0 Å². The number of esters is 1. The molecular formula is C41H63N7O9. The van der Waals surface area contributed by atoms with Crippen LogP contribution in [-0.2, 0) is 58.1 Å². The molecule has 0 bridgehead atoms. The largest absolute Gasteiger partial charge is 0.467 e. The number of nitrogens with one attached hydrogen (secondary N) is 4. The summed E-state index contributed by atoms with van der Waals surface area (Å²) in [6, 6.07) is 4.86. The Morgan fingerprint density at radius 1 is 0.860 bits per heavy atom. The highest BCUT2D eigenvalue weighted by Crippen LogP contribution is 2.27. The number of rotatable bonds is 16. The minimum atomic E-state index is -1.57. The van der Waals surface area contributed by atoms with Crippen LogP contribution in [0.5, 0.6) is 0 Å². The van der Waals surface area contributed by atoms with Crippen molar-refractivity contribution in [3.05, 3.63) is 54.1 Å². The van der Waals surface area contributed by atoms with Crippen LogP contribution in [0, 0.1) is 5.92 Å². The zero-order valence-corrected chi connectivity index (χ0v) is 35.6. The van der Waals surface area contributed by atoms with E-state index in [9.17, 15) is 28.8 Å². The van der Waals surface area contributed by atoms with Gasteiger partial charge in [-0.25, -0.2) is 14.6 Å². The molecule has 0 unspecified atom stereocenters. The number of carbonyl (C=O) groups excluding carboxylic acids is 6. The topological polar surface area (TPSA) is 199 Å². The van der Waals surface area contributed by atoms with Crippen LogP contribution >= 0.6 is 0 Å². The van der Waals surface area contributed by atoms with Crippen LogP contribution in [0.1, 0.15) is 93.3 Å². The van der Waals surface area contributed by atoms with Gasteiger partial charge in [-0.15, -0.1) is 0 Å². The Kier molecular flexibility index (Phi) is 15.8. The van der Waals surface area contributed by atoms with E-state index in [1.807, 2.05) is 65.0 Å². The minimum Gasteiger partial charge on any atom is -0.467 e. The van der Waals surface area contributed by atoms with Gasteiger partial charge in [0.2, 0.25) is 23.6 Å². The lowest BCUT2D eigenvalue weighted by molar-refractivity contribution is -0.145. The summed E-state index contributed by atoms with van der Waals surface area (Å²) in [4.78, 5) is 87.5. The molecule has 1 fully saturated rings. The molecule has 16 heteroatoms. The predicted octanol–water partition coefficient (Wildman–Crippen LogP) is 2.97. The summed E-state index contributed by atoms with van der Waals surface area (Å²) in [6.45, 7) is 17.6. The summed E-state index contributed by atoms with van der Waals surface area (Å²) < 4.78 is 18.4. The standard InChI is InChI=1S/C41H63N7O9/c1-25(2)18-29(33(49)43-31(36(52)55-12)19-26-16-14-13-15-17-26)44-37(53)41(9,10)46-34(50)32-21-28(56-39(3,4)5)23-48(32)35(51)30(20-27-22-42-24-47(27)11)45-38(54)57-40(6,7)8/h13-17,22,24-25,28-32H,18-21,23H2,1-12H3,(H,43,49)(H,44,53)(H,45,54)(H,46,50)/t28-,29+,30+,31+,32+/m1/s1. The van der Waals surface area contributed by atoms with Crippen molar-refractivity contribution in [1.82, 2.24) is 35.7 Å². The number of hydrogen-bond acceptors (Lipinski definition) is 10. The first-order chi connectivity index (χ1) is 26.4. The van der Waals surface area contributed by atoms with E-state index in [0.717, 1.165) is 5.56 Å². The lowest BCUT2D eigenvalue weighted by Crippen LogP contribution is -2.62. The Morgan fingerprint density at radius 2 is 1.51 bits per heavy atom. The van der Waals surface area contributed by atoms with Gasteiger partial charge in [0.05, 0.1) is 25.1 Å². The van der Waals surface area contributed by atoms with Crippen LogP contribution in [0.4, 0.5) is 4.79 Å². The number of alkyl carbamates (subject to hydrolysis) is 1. The Morgan fingerprint density at radius 3 is 2.05 bits per heavy atom. The van der Waals surface area contributed by atoms with Crippen LogP contribution in [0.15, 0.2) is 42.9 Å². The lowest BCUT2D eigenvalue weighted by Gasteiger charge is -2.33. The van der Waals surface area contributed by atoms with Crippen molar-refractivity contribution in [3.8, 4) is 0 Å². The van der Waals surface area contributed by atoms with Crippen LogP contribution in [0.3, 0.4) is 0 Å². The molecule has 1 aliphatic rings. The highest BCUT2D eigenvalue weighted by molar-refractivity contribution is 5.97. The number of aryl methyl sites for hydroxylation is 1. The third-order valence-corrected chi connectivity index (χ3v) is 9.10. The summed E-state index contributed by atoms with van der Waals surface area (Å²) >= 11 is 0. The maximum absolute atomic E-state index is 14.4. The minimum absolute atomic E-state index is 0.0316. The zero-order chi connectivity index (χ0) is 42.9. The smallest absolute Gasteiger partial charge is 0.408 e. The highest BCUT2D eigenvalue weighted by Gasteiger charge is 2.46. The number of nitrogens with zero attached hydrogens (tertiary/aromatic N) is 3. The van der Waals surface area contributed by atoms with E-state index in [1.165, 1.54) is 25.9 Å². The Balaban J connectivity index is 1.86. The molecule has 1 aromatic heterocycles. The second-order valence-electron chi connectivity index (χ2n) is 17.5. The lowest BCUT2D eigenvalue weighted by atomic mass is 9.98. The van der Waals surface area contributed by atoms with Gasteiger partial charge >= 0.3 is 12.1 Å². The van der Waals surface area contributed by atoms with Gasteiger partial charge in [-0.05, 0) is 73.3 Å². The van der Waals surface area contributed by atoms with Crippen molar-refractivity contribution in [1.29, 1.82) is 0 Å². The number of methoxy groups -OCH3 is 1. The summed E-state index contributed by atoms with van der Waals surface area (Å²) in [7, 11) is 3.00. The van der Waals surface area contributed by atoms with Crippen molar-refractivity contribution >= 4 is 35.7 Å². The molecule has 0 radical (unpaired) electrons. The van der Waals surface area contributed by atoms with Crippen LogP contribution < -0.4 is 21.3 Å². The SMILES string of the molecule is COC(=O)[C@H](Cc1ccccc1)NC(=O)[C@H](CC(C)C)NC(=O)C(C)(C)NC(=O)[C@@H]1C[C@@H](OC(C)(C)C)CN1C(=O)[C@H](Cc1cncn1C)NC(=O)OC(C)(C)C. The van der Waals surface area contributed by atoms with Crippen molar-refractivity contribution in [2.75, 3.05) is 13.7 Å². The molecule has 1 aromatic carbocycles. The van der Waals surface area contributed by atoms with E-state index in [2.05, 4.69) is 26.3 Å². The summed E-state index contributed by atoms with van der Waals surface area (Å²) in [5.41, 5.74) is -1.55. The fourth-order valence-electron chi connectivity index (χ4n) is 6.46. The normalized spacial score (nSPS) is 17.6. The molecule has 4 N–H and O–H groups in total. The van der Waals surface area contributed by atoms with E-state index in [0.29, 0.717) is 5.69 Å². The average molecular weight is 798 g/mol. The van der Waals surface area contributed by atoms with Crippen LogP contribution in [-0.4, -0.2) is 111 Å². The van der Waals surface area contributed by atoms with Gasteiger partial charge in [0, 0.05) is 44.7 Å². The van der Waals surface area contributed by atoms with Crippen LogP contribution in [0.25, 0.3) is 0 Å². The molecule has 1 aliphatic heterocycles. The molecule has 16 nitrogen and oxygen atoms in total. The van der Waals surface area contributed by atoms with Crippen molar-refractivity contribution in [2.45, 2.75) is 142 Å². The summed E-state index contributed by atoms with van der Waals surface area (Å²) in [5, 5.41) is 11.0. The summed E-state index contributed by atoms with van der Waals surface area (Å²) in [6.07, 6.45) is 2.40. The van der Waals surface area contributed by atoms with Crippen LogP contribution in [0.2, 0.25) is 0 Å². The van der Waals surface area contributed by atoms with Gasteiger partial charge in [0.1, 0.15) is 35.3 Å². The number of imidazole rings is 1. The molecule has 5 atom stereocenters. The van der Waals surface area contributed by atoms with Gasteiger partial charge in [-0.2, -0.15) is 0 Å². The number of hydrogen-bond donors (Lipinski definition) is 4. The number of aromatic nitrogens is 2. The van der Waals surface area contributed by atoms with Gasteiger partial charge in [0.25, 0.3) is 0 Å². The molecule has 2 aromatic rings. The third-order valence-electron chi connectivity index (χ3n) is 9.10. The average Bonchev–Trinajstić information content (AvgIpc) is 3.70. The summed E-state index contributed by atoms with van der Waals surface area (Å²) in [5.74, 6) is -3.09. The maximum Gasteiger partial charge on any atom is 0.408 e. The first-order valence-corrected chi connectivity index (χ1v) is 19.4. The number of benzene rings is 1. The van der Waals surface area contributed by atoms with Gasteiger partial charge in [-0.3, -0.25) is 19.2 Å². The number of amides is 5. The fourth-order valence-corrected chi connectivity index (χ4v) is 6.46. The third kappa shape index (κ3) is 14.5. The first-order valence-electron chi connectivity index (χ1n) is 19.4. The molecule has 3 rings (SSSR count). The van der Waals surface area contributed by atoms with Crippen molar-refractivity contribution in [2.24, 2.45) is 13.0 Å². The predicted molar refractivity (Wildman–Crippen MR) is 213 cm³/mol. The quantitative estimate of drug-likeness (QED) is 0.183. The number of likely N-dealkylation sites (tertiary alicyclic amines) is 1. The molecule has 0 aliphatic carbocycles. The fraction of sp³-hybridized carbons (Fsp3) is 0.634. The van der Waals surface area contributed by atoms with Crippen molar-refractivity contribution < 1.29 is 43.0 Å². The molecule has 0 spiro atoms. The molecular weight excluding hydrogens is 734 g/mol. The molecule has 0 saturated carbocycles. The highest BCUT2D eigenvalue weighted by atomic mass is 16.6. The van der Waals surface area contributed by atoms with Crippen molar-refractivity contribution in [3.63, 3.8) is 0 Å². The van der Waals surface area contributed by atoms with E-state index in [4.69, 9.17) is 14.2 Å². The Hall–Kier alpha value is -4.99. The molecule has 57 heavy (non-hydrogen) atoms. The van der Waals surface area contributed by atoms with E-state index in [1.54, 1.807) is 44.9 Å².